The summed E-state index contributed by atoms with van der Waals surface area (Å²) in [5.74, 6) is 0.916. The standard InChI is InChI=1S/C26H27N3O4/c1-18-21(11-12-23(27-18)19-7-5-4-6-8-19)25(30)28-13-15-29(16-14-28)26(31)22-10-9-20(32-2)17-24(22)33-3/h4-12,17H,13-16H2,1-3H3. The highest BCUT2D eigenvalue weighted by atomic mass is 16.5. The first-order valence-corrected chi connectivity index (χ1v) is 10.9. The Morgan fingerprint density at radius 2 is 1.39 bits per heavy atom. The van der Waals surface area contributed by atoms with Crippen LogP contribution in [0.1, 0.15) is 26.4 Å². The molecule has 1 aliphatic rings. The topological polar surface area (TPSA) is 72.0 Å². The van der Waals surface area contributed by atoms with Crippen LogP contribution in [-0.4, -0.2) is 67.0 Å². The Bertz CT molecular complexity index is 1160. The number of ether oxygens (including phenoxy) is 2. The molecule has 7 nitrogen and oxygen atoms in total. The molecule has 170 valence electrons. The fourth-order valence-electron chi connectivity index (χ4n) is 3.99. The quantitative estimate of drug-likeness (QED) is 0.599. The van der Waals surface area contributed by atoms with Crippen molar-refractivity contribution in [3.8, 4) is 22.8 Å². The predicted octanol–water partition coefficient (Wildman–Crippen LogP) is 3.67. The molecule has 0 atom stereocenters. The van der Waals surface area contributed by atoms with Crippen molar-refractivity contribution in [2.75, 3.05) is 40.4 Å². The summed E-state index contributed by atoms with van der Waals surface area (Å²) in [5.41, 5.74) is 3.62. The zero-order valence-electron chi connectivity index (χ0n) is 19.1. The molecular weight excluding hydrogens is 418 g/mol. The third-order valence-electron chi connectivity index (χ3n) is 5.88. The lowest BCUT2D eigenvalue weighted by atomic mass is 10.1. The maximum atomic E-state index is 13.1. The number of nitrogens with zero attached hydrogens (tertiary/aromatic N) is 3. The van der Waals surface area contributed by atoms with Gasteiger partial charge in [0.1, 0.15) is 11.5 Å². The number of rotatable bonds is 5. The fourth-order valence-corrected chi connectivity index (χ4v) is 3.99. The molecule has 2 heterocycles. The lowest BCUT2D eigenvalue weighted by Crippen LogP contribution is -2.50. The van der Waals surface area contributed by atoms with Crippen molar-refractivity contribution in [1.29, 1.82) is 0 Å². The van der Waals surface area contributed by atoms with Gasteiger partial charge in [0.15, 0.2) is 0 Å². The first-order valence-electron chi connectivity index (χ1n) is 10.9. The van der Waals surface area contributed by atoms with E-state index in [0.29, 0.717) is 54.5 Å². The van der Waals surface area contributed by atoms with Gasteiger partial charge in [0.2, 0.25) is 0 Å². The third kappa shape index (κ3) is 4.67. The van der Waals surface area contributed by atoms with Crippen LogP contribution >= 0.6 is 0 Å². The molecule has 1 fully saturated rings. The number of hydrogen-bond donors (Lipinski definition) is 0. The molecule has 7 heteroatoms. The van der Waals surface area contributed by atoms with Crippen molar-refractivity contribution in [3.05, 3.63) is 77.5 Å². The van der Waals surface area contributed by atoms with Crippen LogP contribution < -0.4 is 9.47 Å². The zero-order chi connectivity index (χ0) is 23.4. The molecule has 1 saturated heterocycles. The van der Waals surface area contributed by atoms with Crippen LogP contribution in [0.25, 0.3) is 11.3 Å². The van der Waals surface area contributed by atoms with Gasteiger partial charge in [-0.3, -0.25) is 14.6 Å². The molecule has 33 heavy (non-hydrogen) atoms. The molecule has 2 aromatic carbocycles. The highest BCUT2D eigenvalue weighted by Gasteiger charge is 2.28. The van der Waals surface area contributed by atoms with E-state index in [1.54, 1.807) is 35.1 Å². The summed E-state index contributed by atoms with van der Waals surface area (Å²) in [6.07, 6.45) is 0. The van der Waals surface area contributed by atoms with Gasteiger partial charge in [-0.05, 0) is 31.2 Å². The summed E-state index contributed by atoms with van der Waals surface area (Å²) in [7, 11) is 3.10. The number of amides is 2. The second kappa shape index (κ2) is 9.73. The van der Waals surface area contributed by atoms with E-state index in [2.05, 4.69) is 4.98 Å². The maximum Gasteiger partial charge on any atom is 0.257 e. The molecule has 0 spiro atoms. The van der Waals surface area contributed by atoms with Crippen LogP contribution in [0.3, 0.4) is 0 Å². The minimum absolute atomic E-state index is 0.0614. The molecule has 0 unspecified atom stereocenters. The van der Waals surface area contributed by atoms with Crippen LogP contribution in [0.5, 0.6) is 11.5 Å². The van der Waals surface area contributed by atoms with E-state index in [9.17, 15) is 9.59 Å². The van der Waals surface area contributed by atoms with Crippen LogP contribution in [0.15, 0.2) is 60.7 Å². The van der Waals surface area contributed by atoms with E-state index in [1.807, 2.05) is 49.4 Å². The smallest absolute Gasteiger partial charge is 0.257 e. The van der Waals surface area contributed by atoms with E-state index >= 15 is 0 Å². The second-order valence-electron chi connectivity index (χ2n) is 7.85. The number of hydrogen-bond acceptors (Lipinski definition) is 5. The van der Waals surface area contributed by atoms with E-state index in [1.165, 1.54) is 7.11 Å². The molecule has 0 N–H and O–H groups in total. The van der Waals surface area contributed by atoms with Gasteiger partial charge in [0.25, 0.3) is 11.8 Å². The predicted molar refractivity (Wildman–Crippen MR) is 126 cm³/mol. The Balaban J connectivity index is 1.43. The lowest BCUT2D eigenvalue weighted by Gasteiger charge is -2.35. The Kier molecular flexibility index (Phi) is 6.58. The van der Waals surface area contributed by atoms with E-state index < -0.39 is 0 Å². The fraction of sp³-hybridized carbons (Fsp3) is 0.269. The van der Waals surface area contributed by atoms with Gasteiger partial charge < -0.3 is 19.3 Å². The van der Waals surface area contributed by atoms with E-state index in [4.69, 9.17) is 9.47 Å². The molecule has 1 aliphatic heterocycles. The van der Waals surface area contributed by atoms with Gasteiger partial charge in [0, 0.05) is 37.8 Å². The van der Waals surface area contributed by atoms with E-state index in [0.717, 1.165) is 11.3 Å². The second-order valence-corrected chi connectivity index (χ2v) is 7.85. The highest BCUT2D eigenvalue weighted by Crippen LogP contribution is 2.26. The van der Waals surface area contributed by atoms with Gasteiger partial charge in [-0.15, -0.1) is 0 Å². The van der Waals surface area contributed by atoms with Crippen molar-refractivity contribution in [2.24, 2.45) is 0 Å². The molecule has 4 rings (SSSR count). The van der Waals surface area contributed by atoms with Crippen LogP contribution in [0.2, 0.25) is 0 Å². The Morgan fingerprint density at radius 1 is 0.788 bits per heavy atom. The normalized spacial score (nSPS) is 13.5. The number of benzene rings is 2. The summed E-state index contributed by atoms with van der Waals surface area (Å²) in [6, 6.07) is 18.8. The SMILES string of the molecule is COc1ccc(C(=O)N2CCN(C(=O)c3ccc(-c4ccccc4)nc3C)CC2)c(OC)c1. The zero-order valence-corrected chi connectivity index (χ0v) is 19.1. The average molecular weight is 446 g/mol. The number of pyridine rings is 1. The number of methoxy groups -OCH3 is 2. The number of piperazine rings is 1. The monoisotopic (exact) mass is 445 g/mol. The largest absolute Gasteiger partial charge is 0.497 e. The molecule has 0 aliphatic carbocycles. The first kappa shape index (κ1) is 22.3. The average Bonchev–Trinajstić information content (AvgIpc) is 2.88. The molecular formula is C26H27N3O4. The van der Waals surface area contributed by atoms with Gasteiger partial charge in [-0.2, -0.15) is 0 Å². The lowest BCUT2D eigenvalue weighted by molar-refractivity contribution is 0.0533. The molecule has 0 saturated carbocycles. The van der Waals surface area contributed by atoms with Gasteiger partial charge >= 0.3 is 0 Å². The minimum Gasteiger partial charge on any atom is -0.497 e. The number of aryl methyl sites for hydroxylation is 1. The molecule has 2 amide bonds. The highest BCUT2D eigenvalue weighted by molar-refractivity contribution is 5.98. The molecule has 3 aromatic rings. The maximum absolute atomic E-state index is 13.1. The first-order chi connectivity index (χ1) is 16.0. The Morgan fingerprint density at radius 3 is 1.97 bits per heavy atom. The van der Waals surface area contributed by atoms with Crippen molar-refractivity contribution in [3.63, 3.8) is 0 Å². The molecule has 0 bridgehead atoms. The summed E-state index contributed by atoms with van der Waals surface area (Å²) >= 11 is 0. The minimum atomic E-state index is -0.119. The van der Waals surface area contributed by atoms with Crippen molar-refractivity contribution >= 4 is 11.8 Å². The molecule has 1 aromatic heterocycles. The van der Waals surface area contributed by atoms with Crippen molar-refractivity contribution < 1.29 is 19.1 Å². The Hall–Kier alpha value is -3.87. The summed E-state index contributed by atoms with van der Waals surface area (Å²) < 4.78 is 10.6. The Labute approximate surface area is 193 Å². The summed E-state index contributed by atoms with van der Waals surface area (Å²) in [4.78, 5) is 34.3. The number of carbonyl (C=O) groups excluding carboxylic acids is 2. The number of carbonyl (C=O) groups is 2. The summed E-state index contributed by atoms with van der Waals surface area (Å²) in [6.45, 7) is 3.68. The molecule has 0 radical (unpaired) electrons. The van der Waals surface area contributed by atoms with Crippen molar-refractivity contribution in [1.82, 2.24) is 14.8 Å². The summed E-state index contributed by atoms with van der Waals surface area (Å²) in [5, 5.41) is 0. The van der Waals surface area contributed by atoms with Crippen LogP contribution in [-0.2, 0) is 0 Å². The third-order valence-corrected chi connectivity index (χ3v) is 5.88. The van der Waals surface area contributed by atoms with E-state index in [-0.39, 0.29) is 11.8 Å². The van der Waals surface area contributed by atoms with Crippen molar-refractivity contribution in [2.45, 2.75) is 6.92 Å². The van der Waals surface area contributed by atoms with Gasteiger partial charge in [-0.25, -0.2) is 0 Å². The number of aromatic nitrogens is 1. The van der Waals surface area contributed by atoms with Gasteiger partial charge in [-0.1, -0.05) is 30.3 Å². The van der Waals surface area contributed by atoms with Crippen LogP contribution in [0, 0.1) is 6.92 Å². The van der Waals surface area contributed by atoms with Crippen LogP contribution in [0.4, 0.5) is 0 Å². The van der Waals surface area contributed by atoms with Gasteiger partial charge in [0.05, 0.1) is 36.7 Å².